The van der Waals surface area contributed by atoms with Crippen LogP contribution >= 0.6 is 0 Å². The van der Waals surface area contributed by atoms with Gasteiger partial charge in [0.25, 0.3) is 0 Å². The van der Waals surface area contributed by atoms with Crippen LogP contribution in [0, 0.1) is 0 Å². The van der Waals surface area contributed by atoms with Crippen molar-refractivity contribution < 1.29 is 28.8 Å². The van der Waals surface area contributed by atoms with Crippen LogP contribution in [0.15, 0.2) is 78.9 Å². The van der Waals surface area contributed by atoms with Gasteiger partial charge < -0.3 is 28.8 Å². The molecule has 3 rings (SSSR count). The lowest BCUT2D eigenvalue weighted by Gasteiger charge is -2.37. The monoisotopic (exact) mass is 452 g/mol. The van der Waals surface area contributed by atoms with Crippen molar-refractivity contribution in [2.24, 2.45) is 0 Å². The average molecular weight is 453 g/mol. The molecular weight excluding hydrogens is 420 g/mol. The molecule has 0 aliphatic heterocycles. The number of hydrogen-bond acceptors (Lipinski definition) is 6. The highest BCUT2D eigenvalue weighted by atomic mass is 16.6. The van der Waals surface area contributed by atoms with Crippen LogP contribution in [0.5, 0.6) is 11.5 Å². The van der Waals surface area contributed by atoms with Gasteiger partial charge in [0.15, 0.2) is 5.60 Å². The molecule has 1 N–H and O–H groups in total. The molecule has 0 amide bonds. The first-order valence-electron chi connectivity index (χ1n) is 11.0. The van der Waals surface area contributed by atoms with Crippen LogP contribution in [-0.2, 0) is 19.8 Å². The van der Waals surface area contributed by atoms with E-state index in [0.717, 1.165) is 16.7 Å². The van der Waals surface area contributed by atoms with E-state index in [0.29, 0.717) is 44.5 Å². The minimum absolute atomic E-state index is 0.000520. The summed E-state index contributed by atoms with van der Waals surface area (Å²) in [5.74, 6) is 1.43. The van der Waals surface area contributed by atoms with Gasteiger partial charge in [-0.25, -0.2) is 0 Å². The third-order valence-corrected chi connectivity index (χ3v) is 5.31. The fourth-order valence-corrected chi connectivity index (χ4v) is 3.88. The summed E-state index contributed by atoms with van der Waals surface area (Å²) in [5, 5.41) is 8.80. The molecule has 3 aromatic carbocycles. The van der Waals surface area contributed by atoms with Crippen LogP contribution in [0.2, 0.25) is 0 Å². The van der Waals surface area contributed by atoms with Crippen molar-refractivity contribution in [1.29, 1.82) is 0 Å². The average Bonchev–Trinajstić information content (AvgIpc) is 2.88. The fraction of sp³-hybridized carbons (Fsp3) is 0.333. The summed E-state index contributed by atoms with van der Waals surface area (Å²) in [6.45, 7) is 1.85. The Hall–Kier alpha value is -2.90. The van der Waals surface area contributed by atoms with E-state index >= 15 is 0 Å². The van der Waals surface area contributed by atoms with Gasteiger partial charge in [0.05, 0.1) is 53.9 Å². The molecule has 0 radical (unpaired) electrons. The van der Waals surface area contributed by atoms with E-state index in [2.05, 4.69) is 0 Å². The van der Waals surface area contributed by atoms with Gasteiger partial charge in [-0.2, -0.15) is 0 Å². The summed E-state index contributed by atoms with van der Waals surface area (Å²) in [6.07, 6.45) is 0. The summed E-state index contributed by atoms with van der Waals surface area (Å²) in [6, 6.07) is 25.8. The third-order valence-electron chi connectivity index (χ3n) is 5.31. The highest BCUT2D eigenvalue weighted by Crippen LogP contribution is 2.47. The van der Waals surface area contributed by atoms with Crippen LogP contribution in [0.3, 0.4) is 0 Å². The first kappa shape index (κ1) is 24.7. The molecule has 0 fully saturated rings. The maximum absolute atomic E-state index is 8.80. The van der Waals surface area contributed by atoms with Crippen LogP contribution in [0.4, 0.5) is 0 Å². The van der Waals surface area contributed by atoms with Gasteiger partial charge in [0, 0.05) is 11.1 Å². The largest absolute Gasteiger partial charge is 0.496 e. The number of rotatable bonds is 14. The van der Waals surface area contributed by atoms with Gasteiger partial charge in [-0.15, -0.1) is 0 Å². The Morgan fingerprint density at radius 2 is 1.09 bits per heavy atom. The van der Waals surface area contributed by atoms with E-state index in [4.69, 9.17) is 28.8 Å². The van der Waals surface area contributed by atoms with E-state index in [9.17, 15) is 0 Å². The van der Waals surface area contributed by atoms with Crippen molar-refractivity contribution in [2.45, 2.75) is 5.60 Å². The van der Waals surface area contributed by atoms with E-state index in [1.807, 2.05) is 78.9 Å². The SMILES string of the molecule is COc1ccccc1C(OCCOCCOCCO)(c1ccccc1)c1ccccc1OC. The molecule has 0 saturated carbocycles. The first-order chi connectivity index (χ1) is 16.3. The second-order valence-corrected chi connectivity index (χ2v) is 7.24. The molecule has 0 unspecified atom stereocenters. The molecule has 0 bridgehead atoms. The number of para-hydroxylation sites is 2. The van der Waals surface area contributed by atoms with Gasteiger partial charge in [-0.3, -0.25) is 0 Å². The lowest BCUT2D eigenvalue weighted by molar-refractivity contribution is -0.0363. The number of aliphatic hydroxyl groups is 1. The maximum Gasteiger partial charge on any atom is 0.150 e. The van der Waals surface area contributed by atoms with Crippen LogP contribution in [0.1, 0.15) is 16.7 Å². The summed E-state index contributed by atoms with van der Waals surface area (Å²) in [5.41, 5.74) is 1.70. The highest BCUT2D eigenvalue weighted by Gasteiger charge is 2.42. The summed E-state index contributed by atoms with van der Waals surface area (Å²) in [4.78, 5) is 0. The lowest BCUT2D eigenvalue weighted by Crippen LogP contribution is -2.35. The van der Waals surface area contributed by atoms with E-state index in [1.165, 1.54) is 0 Å². The number of aliphatic hydroxyl groups excluding tert-OH is 1. The molecule has 0 heterocycles. The standard InChI is InChI=1S/C27H32O6/c1-29-25-14-8-6-12-23(25)27(22-10-4-3-5-11-22,24-13-7-9-15-26(24)30-2)33-21-20-32-19-18-31-17-16-28/h3-15,28H,16-21H2,1-2H3. The predicted molar refractivity (Wildman–Crippen MR) is 127 cm³/mol. The van der Waals surface area contributed by atoms with Crippen molar-refractivity contribution in [3.05, 3.63) is 95.6 Å². The van der Waals surface area contributed by atoms with Crippen molar-refractivity contribution in [1.82, 2.24) is 0 Å². The molecule has 6 nitrogen and oxygen atoms in total. The van der Waals surface area contributed by atoms with Crippen LogP contribution < -0.4 is 9.47 Å². The second kappa shape index (κ2) is 13.0. The zero-order valence-corrected chi connectivity index (χ0v) is 19.2. The minimum Gasteiger partial charge on any atom is -0.496 e. The Morgan fingerprint density at radius 1 is 0.606 bits per heavy atom. The predicted octanol–water partition coefficient (Wildman–Crippen LogP) is 4.04. The molecule has 176 valence electrons. The van der Waals surface area contributed by atoms with Gasteiger partial charge >= 0.3 is 0 Å². The van der Waals surface area contributed by atoms with Gasteiger partial charge in [-0.05, 0) is 17.7 Å². The number of benzene rings is 3. The smallest absolute Gasteiger partial charge is 0.150 e. The van der Waals surface area contributed by atoms with Gasteiger partial charge in [-0.1, -0.05) is 66.7 Å². The van der Waals surface area contributed by atoms with Crippen molar-refractivity contribution >= 4 is 0 Å². The van der Waals surface area contributed by atoms with Crippen molar-refractivity contribution in [2.75, 3.05) is 53.9 Å². The Labute approximate surface area is 195 Å². The minimum atomic E-state index is -0.989. The Kier molecular flexibility index (Phi) is 9.72. The molecule has 0 saturated heterocycles. The molecule has 0 atom stereocenters. The van der Waals surface area contributed by atoms with E-state index in [-0.39, 0.29) is 6.61 Å². The van der Waals surface area contributed by atoms with E-state index < -0.39 is 5.60 Å². The molecule has 6 heteroatoms. The molecule has 33 heavy (non-hydrogen) atoms. The zero-order valence-electron chi connectivity index (χ0n) is 19.2. The molecule has 3 aromatic rings. The molecular formula is C27H32O6. The first-order valence-corrected chi connectivity index (χ1v) is 11.0. The highest BCUT2D eigenvalue weighted by molar-refractivity contribution is 5.56. The van der Waals surface area contributed by atoms with Gasteiger partial charge in [0.2, 0.25) is 0 Å². The second-order valence-electron chi connectivity index (χ2n) is 7.24. The third kappa shape index (κ3) is 5.92. The molecule has 0 spiro atoms. The van der Waals surface area contributed by atoms with Crippen molar-refractivity contribution in [3.8, 4) is 11.5 Å². The van der Waals surface area contributed by atoms with Gasteiger partial charge in [0.1, 0.15) is 11.5 Å². The van der Waals surface area contributed by atoms with Crippen molar-refractivity contribution in [3.63, 3.8) is 0 Å². The summed E-state index contributed by atoms with van der Waals surface area (Å²) >= 11 is 0. The van der Waals surface area contributed by atoms with Crippen LogP contribution in [0.25, 0.3) is 0 Å². The molecule has 0 aliphatic carbocycles. The number of hydrogen-bond donors (Lipinski definition) is 1. The Bertz CT molecular complexity index is 912. The number of methoxy groups -OCH3 is 2. The topological polar surface area (TPSA) is 66.4 Å². The summed E-state index contributed by atoms with van der Waals surface area (Å²) < 4.78 is 29.2. The summed E-state index contributed by atoms with van der Waals surface area (Å²) in [7, 11) is 3.32. The normalized spacial score (nSPS) is 11.4. The Balaban J connectivity index is 2.02. The van der Waals surface area contributed by atoms with E-state index in [1.54, 1.807) is 14.2 Å². The number of ether oxygens (including phenoxy) is 5. The maximum atomic E-state index is 8.80. The molecule has 0 aromatic heterocycles. The Morgan fingerprint density at radius 3 is 1.64 bits per heavy atom. The molecule has 0 aliphatic rings. The quantitative estimate of drug-likeness (QED) is 0.294. The lowest BCUT2D eigenvalue weighted by atomic mass is 9.79. The zero-order chi connectivity index (χ0) is 23.4. The van der Waals surface area contributed by atoms with Crippen LogP contribution in [-0.4, -0.2) is 59.0 Å². The fourth-order valence-electron chi connectivity index (χ4n) is 3.88.